The summed E-state index contributed by atoms with van der Waals surface area (Å²) in [6, 6.07) is 17.8. The highest BCUT2D eigenvalue weighted by molar-refractivity contribution is 6.35. The maximum absolute atomic E-state index is 13.2. The minimum absolute atomic E-state index is 0.112. The number of anilines is 1. The number of amides is 3. The molecule has 0 unspecified atom stereocenters. The number of imide groups is 1. The number of aryl methyl sites for hydroxylation is 2. The first-order valence-corrected chi connectivity index (χ1v) is 11.9. The molecule has 0 bridgehead atoms. The topological polar surface area (TPSA) is 84.0 Å². The van der Waals surface area contributed by atoms with E-state index in [0.717, 1.165) is 28.0 Å². The van der Waals surface area contributed by atoms with E-state index in [1.54, 1.807) is 17.9 Å². The van der Waals surface area contributed by atoms with E-state index < -0.39 is 23.9 Å². The third kappa shape index (κ3) is 4.06. The van der Waals surface area contributed by atoms with Crippen LogP contribution in [-0.4, -0.2) is 41.2 Å². The van der Waals surface area contributed by atoms with Crippen molar-refractivity contribution in [1.29, 1.82) is 0 Å². The van der Waals surface area contributed by atoms with E-state index >= 15 is 0 Å². The molecule has 0 spiro atoms. The summed E-state index contributed by atoms with van der Waals surface area (Å²) in [5.74, 6) is -1.92. The zero-order valence-corrected chi connectivity index (χ0v) is 20.4. The van der Waals surface area contributed by atoms with Gasteiger partial charge in [0.15, 0.2) is 6.10 Å². The second kappa shape index (κ2) is 9.07. The number of rotatable bonds is 4. The molecule has 0 radical (unpaired) electrons. The van der Waals surface area contributed by atoms with Crippen LogP contribution in [0, 0.1) is 13.8 Å². The average molecular weight is 483 g/mol. The molecule has 3 amide bonds. The Bertz CT molecular complexity index is 1430. The molecule has 0 N–H and O–H groups in total. The highest BCUT2D eigenvalue weighted by atomic mass is 16.5. The Labute approximate surface area is 209 Å². The molecule has 1 atom stereocenters. The van der Waals surface area contributed by atoms with Crippen LogP contribution < -0.4 is 4.90 Å². The number of benzene rings is 3. The van der Waals surface area contributed by atoms with Crippen molar-refractivity contribution in [2.75, 3.05) is 11.4 Å². The van der Waals surface area contributed by atoms with Crippen molar-refractivity contribution in [3.8, 4) is 0 Å². The number of hydrogen-bond donors (Lipinski definition) is 0. The number of nitrogens with zero attached hydrogens (tertiary/aromatic N) is 2. The SMILES string of the molecule is Cc1ccc(C)c(N2C(=O)c3ccc(C(=O)O[C@H](C)C(=O)N4CCc5ccccc5C4)cc3C2=O)c1. The molecular weight excluding hydrogens is 456 g/mol. The lowest BCUT2D eigenvalue weighted by Gasteiger charge is -2.30. The Morgan fingerprint density at radius 3 is 2.39 bits per heavy atom. The van der Waals surface area contributed by atoms with E-state index in [4.69, 9.17) is 4.74 Å². The number of hydrogen-bond acceptors (Lipinski definition) is 5. The van der Waals surface area contributed by atoms with Gasteiger partial charge in [0.2, 0.25) is 0 Å². The molecule has 0 fully saturated rings. The van der Waals surface area contributed by atoms with Gasteiger partial charge in [-0.25, -0.2) is 9.69 Å². The average Bonchev–Trinajstić information content (AvgIpc) is 3.13. The first kappa shape index (κ1) is 23.5. The largest absolute Gasteiger partial charge is 0.449 e. The summed E-state index contributed by atoms with van der Waals surface area (Å²) >= 11 is 0. The predicted octanol–water partition coefficient (Wildman–Crippen LogP) is 4.23. The third-order valence-corrected chi connectivity index (χ3v) is 6.80. The molecule has 0 saturated heterocycles. The fourth-order valence-corrected chi connectivity index (χ4v) is 4.77. The van der Waals surface area contributed by atoms with Gasteiger partial charge in [-0.3, -0.25) is 14.4 Å². The molecule has 2 aliphatic heterocycles. The lowest BCUT2D eigenvalue weighted by molar-refractivity contribution is -0.140. The fourth-order valence-electron chi connectivity index (χ4n) is 4.77. The zero-order valence-electron chi connectivity index (χ0n) is 20.4. The number of carbonyl (C=O) groups excluding carboxylic acids is 4. The Morgan fingerprint density at radius 1 is 0.889 bits per heavy atom. The minimum atomic E-state index is -0.986. The highest BCUT2D eigenvalue weighted by Crippen LogP contribution is 2.32. The third-order valence-electron chi connectivity index (χ3n) is 6.80. The molecule has 36 heavy (non-hydrogen) atoms. The van der Waals surface area contributed by atoms with Crippen LogP contribution in [0.4, 0.5) is 5.69 Å². The van der Waals surface area contributed by atoms with Crippen molar-refractivity contribution in [1.82, 2.24) is 4.90 Å². The molecule has 0 aromatic heterocycles. The van der Waals surface area contributed by atoms with Crippen LogP contribution in [-0.2, 0) is 22.5 Å². The lowest BCUT2D eigenvalue weighted by Crippen LogP contribution is -2.42. The predicted molar refractivity (Wildman–Crippen MR) is 134 cm³/mol. The number of carbonyl (C=O) groups is 4. The van der Waals surface area contributed by atoms with Crippen molar-refractivity contribution in [2.24, 2.45) is 0 Å². The Morgan fingerprint density at radius 2 is 1.61 bits per heavy atom. The van der Waals surface area contributed by atoms with Gasteiger partial charge in [-0.05, 0) is 73.7 Å². The van der Waals surface area contributed by atoms with E-state index in [1.165, 1.54) is 23.8 Å². The van der Waals surface area contributed by atoms with Crippen molar-refractivity contribution < 1.29 is 23.9 Å². The maximum Gasteiger partial charge on any atom is 0.338 e. The quantitative estimate of drug-likeness (QED) is 0.410. The van der Waals surface area contributed by atoms with Gasteiger partial charge in [-0.1, -0.05) is 36.4 Å². The van der Waals surface area contributed by atoms with Crippen molar-refractivity contribution in [3.05, 3.63) is 99.6 Å². The van der Waals surface area contributed by atoms with Crippen LogP contribution in [0.25, 0.3) is 0 Å². The normalized spacial score (nSPS) is 15.4. The van der Waals surface area contributed by atoms with Crippen LogP contribution in [0.5, 0.6) is 0 Å². The molecule has 0 aliphatic carbocycles. The fraction of sp³-hybridized carbons (Fsp3) is 0.241. The van der Waals surface area contributed by atoms with Gasteiger partial charge >= 0.3 is 5.97 Å². The van der Waals surface area contributed by atoms with Crippen molar-refractivity contribution >= 4 is 29.4 Å². The molecule has 3 aromatic carbocycles. The molecule has 7 nitrogen and oxygen atoms in total. The molecule has 7 heteroatoms. The van der Waals surface area contributed by atoms with Gasteiger partial charge in [0.05, 0.1) is 22.4 Å². The molecular formula is C29H26N2O5. The van der Waals surface area contributed by atoms with Gasteiger partial charge < -0.3 is 9.64 Å². The Balaban J connectivity index is 1.31. The smallest absolute Gasteiger partial charge is 0.338 e. The lowest BCUT2D eigenvalue weighted by atomic mass is 9.99. The monoisotopic (exact) mass is 482 g/mol. The summed E-state index contributed by atoms with van der Waals surface area (Å²) < 4.78 is 5.47. The Hall–Kier alpha value is -4.26. The van der Waals surface area contributed by atoms with Crippen molar-refractivity contribution in [2.45, 2.75) is 39.8 Å². The molecule has 2 aliphatic rings. The molecule has 3 aromatic rings. The van der Waals surface area contributed by atoms with Gasteiger partial charge in [0.1, 0.15) is 0 Å². The summed E-state index contributed by atoms with van der Waals surface area (Å²) in [4.78, 5) is 54.9. The molecule has 0 saturated carbocycles. The summed E-state index contributed by atoms with van der Waals surface area (Å²) in [7, 11) is 0. The minimum Gasteiger partial charge on any atom is -0.449 e. The van der Waals surface area contributed by atoms with E-state index in [-0.39, 0.29) is 22.6 Å². The van der Waals surface area contributed by atoms with Gasteiger partial charge in [-0.2, -0.15) is 0 Å². The first-order valence-electron chi connectivity index (χ1n) is 11.9. The van der Waals surface area contributed by atoms with Crippen LogP contribution >= 0.6 is 0 Å². The summed E-state index contributed by atoms with van der Waals surface area (Å²) in [6.45, 7) is 6.30. The summed E-state index contributed by atoms with van der Waals surface area (Å²) in [5.41, 5.74) is 5.03. The number of ether oxygens (including phenoxy) is 1. The van der Waals surface area contributed by atoms with E-state index in [9.17, 15) is 19.2 Å². The molecule has 5 rings (SSSR count). The van der Waals surface area contributed by atoms with Crippen LogP contribution in [0.2, 0.25) is 0 Å². The standard InChI is InChI=1S/C29H26N2O5/c1-17-8-9-18(2)25(14-17)31-27(33)23-11-10-21(15-24(23)28(31)34)29(35)36-19(3)26(32)30-13-12-20-6-4-5-7-22(20)16-30/h4-11,14-15,19H,12-13,16H2,1-3H3/t19-/m1/s1. The maximum atomic E-state index is 13.2. The van der Waals surface area contributed by atoms with E-state index in [1.807, 2.05) is 44.2 Å². The number of esters is 1. The first-order chi connectivity index (χ1) is 17.2. The summed E-state index contributed by atoms with van der Waals surface area (Å²) in [6.07, 6.45) is -0.236. The highest BCUT2D eigenvalue weighted by Gasteiger charge is 2.38. The van der Waals surface area contributed by atoms with Crippen molar-refractivity contribution in [3.63, 3.8) is 0 Å². The Kier molecular flexibility index (Phi) is 5.92. The zero-order chi connectivity index (χ0) is 25.6. The van der Waals surface area contributed by atoms with E-state index in [2.05, 4.69) is 6.07 Å². The second-order valence-corrected chi connectivity index (χ2v) is 9.32. The van der Waals surface area contributed by atoms with Gasteiger partial charge in [-0.15, -0.1) is 0 Å². The number of fused-ring (bicyclic) bond motifs is 2. The second-order valence-electron chi connectivity index (χ2n) is 9.32. The van der Waals surface area contributed by atoms with Crippen LogP contribution in [0.3, 0.4) is 0 Å². The van der Waals surface area contributed by atoms with Crippen LogP contribution in [0.1, 0.15) is 60.3 Å². The van der Waals surface area contributed by atoms with Crippen LogP contribution in [0.15, 0.2) is 60.7 Å². The van der Waals surface area contributed by atoms with Gasteiger partial charge in [0.25, 0.3) is 17.7 Å². The molecule has 2 heterocycles. The molecule has 182 valence electrons. The van der Waals surface area contributed by atoms with Gasteiger partial charge in [0, 0.05) is 13.1 Å². The summed E-state index contributed by atoms with van der Waals surface area (Å²) in [5, 5.41) is 0. The van der Waals surface area contributed by atoms with E-state index in [0.29, 0.717) is 18.8 Å².